The fourth-order valence-corrected chi connectivity index (χ4v) is 3.91. The standard InChI is InChI=1S/C21H28N4O2S/c1-5-12-25-20(16-6-7-16)23-24-21(25)28-13-18(26)22-19(14(2)3)15-8-10-17(27-4)11-9-15/h5,8-11,14,16,19H,1,6-7,12-13H2,2-4H3,(H,22,26). The molecule has 6 nitrogen and oxygen atoms in total. The molecule has 0 spiro atoms. The summed E-state index contributed by atoms with van der Waals surface area (Å²) in [6, 6.07) is 7.79. The molecule has 7 heteroatoms. The smallest absolute Gasteiger partial charge is 0.230 e. The van der Waals surface area contributed by atoms with Gasteiger partial charge in [0.2, 0.25) is 5.91 Å². The van der Waals surface area contributed by atoms with Gasteiger partial charge in [-0.15, -0.1) is 16.8 Å². The van der Waals surface area contributed by atoms with Crippen LogP contribution in [-0.4, -0.2) is 33.5 Å². The number of nitrogens with one attached hydrogen (secondary N) is 1. The van der Waals surface area contributed by atoms with Crippen LogP contribution in [-0.2, 0) is 11.3 Å². The number of carbonyl (C=O) groups excluding carboxylic acids is 1. The third kappa shape index (κ3) is 4.95. The van der Waals surface area contributed by atoms with Gasteiger partial charge in [0.15, 0.2) is 5.16 Å². The van der Waals surface area contributed by atoms with Crippen LogP contribution in [0.3, 0.4) is 0 Å². The van der Waals surface area contributed by atoms with Gasteiger partial charge >= 0.3 is 0 Å². The molecule has 0 saturated heterocycles. The van der Waals surface area contributed by atoms with E-state index in [2.05, 4.69) is 40.5 Å². The molecule has 1 fully saturated rings. The first-order valence-electron chi connectivity index (χ1n) is 9.63. The van der Waals surface area contributed by atoms with Gasteiger partial charge in [-0.3, -0.25) is 4.79 Å². The van der Waals surface area contributed by atoms with E-state index in [0.29, 0.717) is 18.2 Å². The summed E-state index contributed by atoms with van der Waals surface area (Å²) in [7, 11) is 1.65. The van der Waals surface area contributed by atoms with Gasteiger partial charge in [0.05, 0.1) is 18.9 Å². The van der Waals surface area contributed by atoms with E-state index in [9.17, 15) is 4.79 Å². The second kappa shape index (κ2) is 9.28. The van der Waals surface area contributed by atoms with Crippen LogP contribution in [0.1, 0.15) is 50.0 Å². The summed E-state index contributed by atoms with van der Waals surface area (Å²) in [6.45, 7) is 8.70. The first-order chi connectivity index (χ1) is 13.5. The Balaban J connectivity index is 1.62. The molecule has 1 amide bonds. The van der Waals surface area contributed by atoms with Crippen molar-refractivity contribution in [2.24, 2.45) is 5.92 Å². The Hall–Kier alpha value is -2.28. The maximum absolute atomic E-state index is 12.6. The highest BCUT2D eigenvalue weighted by Gasteiger charge is 2.30. The number of thioether (sulfide) groups is 1. The van der Waals surface area contributed by atoms with E-state index in [0.717, 1.165) is 22.3 Å². The average Bonchev–Trinajstić information content (AvgIpc) is 3.46. The van der Waals surface area contributed by atoms with Crippen molar-refractivity contribution in [3.63, 3.8) is 0 Å². The third-order valence-electron chi connectivity index (χ3n) is 4.79. The molecular weight excluding hydrogens is 372 g/mol. The zero-order chi connectivity index (χ0) is 20.1. The Kier molecular flexibility index (Phi) is 6.78. The largest absolute Gasteiger partial charge is 0.497 e. The number of hydrogen-bond donors (Lipinski definition) is 1. The van der Waals surface area contributed by atoms with Gasteiger partial charge in [0, 0.05) is 12.5 Å². The van der Waals surface area contributed by atoms with Crippen molar-refractivity contribution in [1.82, 2.24) is 20.1 Å². The van der Waals surface area contributed by atoms with Gasteiger partial charge in [-0.05, 0) is 36.5 Å². The summed E-state index contributed by atoms with van der Waals surface area (Å²) < 4.78 is 7.29. The number of ether oxygens (including phenoxy) is 1. The van der Waals surface area contributed by atoms with Crippen LogP contribution < -0.4 is 10.1 Å². The summed E-state index contributed by atoms with van der Waals surface area (Å²) in [5.74, 6) is 2.89. The maximum Gasteiger partial charge on any atom is 0.230 e. The first kappa shape index (κ1) is 20.5. The molecule has 1 unspecified atom stereocenters. The second-order valence-corrected chi connectivity index (χ2v) is 8.31. The molecule has 0 aliphatic heterocycles. The van der Waals surface area contributed by atoms with E-state index in [4.69, 9.17) is 4.74 Å². The molecule has 3 rings (SSSR count). The molecule has 1 aliphatic carbocycles. The highest BCUT2D eigenvalue weighted by atomic mass is 32.2. The third-order valence-corrected chi connectivity index (χ3v) is 5.76. The zero-order valence-electron chi connectivity index (χ0n) is 16.7. The summed E-state index contributed by atoms with van der Waals surface area (Å²) in [5.41, 5.74) is 1.07. The SMILES string of the molecule is C=CCn1c(SCC(=O)NC(c2ccc(OC)cc2)C(C)C)nnc1C1CC1. The average molecular weight is 401 g/mol. The molecular formula is C21H28N4O2S. The molecule has 1 aromatic carbocycles. The summed E-state index contributed by atoms with van der Waals surface area (Å²) in [5, 5.41) is 12.6. The molecule has 1 aliphatic rings. The molecule has 150 valence electrons. The molecule has 0 radical (unpaired) electrons. The lowest BCUT2D eigenvalue weighted by Gasteiger charge is -2.23. The van der Waals surface area contributed by atoms with Crippen molar-refractivity contribution in [2.75, 3.05) is 12.9 Å². The number of amides is 1. The van der Waals surface area contributed by atoms with Crippen molar-refractivity contribution in [2.45, 2.75) is 50.4 Å². The van der Waals surface area contributed by atoms with Gasteiger partial charge in [-0.25, -0.2) is 0 Å². The van der Waals surface area contributed by atoms with Crippen LogP contribution in [0.2, 0.25) is 0 Å². The summed E-state index contributed by atoms with van der Waals surface area (Å²) in [6.07, 6.45) is 4.18. The van der Waals surface area contributed by atoms with E-state index < -0.39 is 0 Å². The van der Waals surface area contributed by atoms with Gasteiger partial charge in [0.25, 0.3) is 0 Å². The predicted molar refractivity (Wildman–Crippen MR) is 112 cm³/mol. The fourth-order valence-electron chi connectivity index (χ4n) is 3.14. The Morgan fingerprint density at radius 2 is 2.07 bits per heavy atom. The number of nitrogens with zero attached hydrogens (tertiary/aromatic N) is 3. The van der Waals surface area contributed by atoms with Crippen molar-refractivity contribution < 1.29 is 9.53 Å². The van der Waals surface area contributed by atoms with E-state index in [1.165, 1.54) is 24.6 Å². The van der Waals surface area contributed by atoms with Crippen molar-refractivity contribution in [3.8, 4) is 5.75 Å². The fraction of sp³-hybridized carbons (Fsp3) is 0.476. The van der Waals surface area contributed by atoms with Crippen molar-refractivity contribution in [1.29, 1.82) is 0 Å². The molecule has 1 heterocycles. The van der Waals surface area contributed by atoms with E-state index in [1.54, 1.807) is 7.11 Å². The first-order valence-corrected chi connectivity index (χ1v) is 10.6. The number of rotatable bonds is 10. The number of aromatic nitrogens is 3. The Morgan fingerprint density at radius 3 is 2.64 bits per heavy atom. The Morgan fingerprint density at radius 1 is 1.36 bits per heavy atom. The van der Waals surface area contributed by atoms with Crippen LogP contribution in [0.5, 0.6) is 5.75 Å². The minimum atomic E-state index is -0.0490. The van der Waals surface area contributed by atoms with Crippen molar-refractivity contribution in [3.05, 3.63) is 48.3 Å². The monoisotopic (exact) mass is 400 g/mol. The molecule has 0 bridgehead atoms. The molecule has 28 heavy (non-hydrogen) atoms. The lowest BCUT2D eigenvalue weighted by atomic mass is 9.96. The van der Waals surface area contributed by atoms with Gasteiger partial charge in [0.1, 0.15) is 11.6 Å². The lowest BCUT2D eigenvalue weighted by molar-refractivity contribution is -0.119. The summed E-state index contributed by atoms with van der Waals surface area (Å²) >= 11 is 1.43. The molecule has 1 saturated carbocycles. The zero-order valence-corrected chi connectivity index (χ0v) is 17.5. The maximum atomic E-state index is 12.6. The van der Waals surface area contributed by atoms with Crippen LogP contribution in [0.15, 0.2) is 42.1 Å². The van der Waals surface area contributed by atoms with Gasteiger partial charge in [-0.2, -0.15) is 0 Å². The minimum Gasteiger partial charge on any atom is -0.497 e. The van der Waals surface area contributed by atoms with Crippen LogP contribution in [0.4, 0.5) is 0 Å². The van der Waals surface area contributed by atoms with E-state index in [-0.39, 0.29) is 17.9 Å². The highest BCUT2D eigenvalue weighted by molar-refractivity contribution is 7.99. The number of allylic oxidation sites excluding steroid dienone is 1. The summed E-state index contributed by atoms with van der Waals surface area (Å²) in [4.78, 5) is 12.6. The second-order valence-electron chi connectivity index (χ2n) is 7.37. The molecule has 1 N–H and O–H groups in total. The lowest BCUT2D eigenvalue weighted by Crippen LogP contribution is -2.33. The number of methoxy groups -OCH3 is 1. The van der Waals surface area contributed by atoms with E-state index >= 15 is 0 Å². The van der Waals surface area contributed by atoms with Crippen molar-refractivity contribution >= 4 is 17.7 Å². The van der Waals surface area contributed by atoms with Crippen LogP contribution >= 0.6 is 11.8 Å². The molecule has 2 aromatic rings. The van der Waals surface area contributed by atoms with Gasteiger partial charge in [-0.1, -0.05) is 43.8 Å². The van der Waals surface area contributed by atoms with E-state index in [1.807, 2.05) is 30.3 Å². The number of hydrogen-bond acceptors (Lipinski definition) is 5. The minimum absolute atomic E-state index is 0.0133. The Bertz CT molecular complexity index is 812. The van der Waals surface area contributed by atoms with Crippen LogP contribution in [0.25, 0.3) is 0 Å². The highest BCUT2D eigenvalue weighted by Crippen LogP contribution is 2.40. The van der Waals surface area contributed by atoms with Crippen LogP contribution in [0, 0.1) is 5.92 Å². The molecule has 1 aromatic heterocycles. The Labute approximate surface area is 170 Å². The molecule has 1 atom stereocenters. The number of benzene rings is 1. The quantitative estimate of drug-likeness (QED) is 0.483. The van der Waals surface area contributed by atoms with Gasteiger partial charge < -0.3 is 14.6 Å². The number of carbonyl (C=O) groups is 1. The predicted octanol–water partition coefficient (Wildman–Crippen LogP) is 3.96. The normalized spacial score (nSPS) is 14.7. The topological polar surface area (TPSA) is 69.0 Å².